The maximum absolute atomic E-state index is 14.1. The molecular formula is C16H15FN2O4. The highest BCUT2D eigenvalue weighted by Crippen LogP contribution is 2.34. The zero-order chi connectivity index (χ0) is 16.9. The number of fused-ring (bicyclic) bond motifs is 1. The molecule has 1 aromatic carbocycles. The molecule has 0 aliphatic carbocycles. The van der Waals surface area contributed by atoms with Gasteiger partial charge in [-0.2, -0.15) is 0 Å². The fourth-order valence-electron chi connectivity index (χ4n) is 3.06. The molecule has 2 aliphatic rings. The van der Waals surface area contributed by atoms with Crippen molar-refractivity contribution in [3.63, 3.8) is 0 Å². The number of rotatable bonds is 2. The third-order valence-corrected chi connectivity index (χ3v) is 4.20. The van der Waals surface area contributed by atoms with Gasteiger partial charge < -0.3 is 0 Å². The molecule has 1 fully saturated rings. The number of piperidine rings is 1. The van der Waals surface area contributed by atoms with Crippen LogP contribution in [0.3, 0.4) is 0 Å². The van der Waals surface area contributed by atoms with Gasteiger partial charge in [0.05, 0.1) is 11.1 Å². The topological polar surface area (TPSA) is 83.6 Å². The molecule has 1 aromatic rings. The van der Waals surface area contributed by atoms with Crippen LogP contribution in [-0.2, 0) is 9.59 Å². The van der Waals surface area contributed by atoms with Crippen LogP contribution in [0, 0.1) is 5.82 Å². The fraction of sp³-hybridized carbons (Fsp3) is 0.375. The summed E-state index contributed by atoms with van der Waals surface area (Å²) in [6, 6.07) is 1.56. The third kappa shape index (κ3) is 2.23. The van der Waals surface area contributed by atoms with E-state index in [2.05, 4.69) is 5.32 Å². The second kappa shape index (κ2) is 5.26. The van der Waals surface area contributed by atoms with E-state index < -0.39 is 35.5 Å². The minimum Gasteiger partial charge on any atom is -0.295 e. The molecule has 23 heavy (non-hydrogen) atoms. The highest BCUT2D eigenvalue weighted by molar-refractivity contribution is 6.24. The molecule has 0 radical (unpaired) electrons. The van der Waals surface area contributed by atoms with Crippen molar-refractivity contribution in [3.8, 4) is 0 Å². The highest BCUT2D eigenvalue weighted by atomic mass is 19.1. The van der Waals surface area contributed by atoms with Gasteiger partial charge in [-0.3, -0.25) is 29.4 Å². The second-order valence-corrected chi connectivity index (χ2v) is 5.99. The molecule has 4 amide bonds. The standard InChI is InChI=1S/C16H15FN2O4/c1-7(2)8-3-4-9(17)13-12(8)15(22)19(16(13)23)10-5-6-11(20)18-14(10)21/h3-4,7,10H,5-6H2,1-2H3,(H,18,20,21). The summed E-state index contributed by atoms with van der Waals surface area (Å²) in [7, 11) is 0. The first-order chi connectivity index (χ1) is 10.8. The fourth-order valence-corrected chi connectivity index (χ4v) is 3.06. The molecule has 3 rings (SSSR count). The molecule has 2 heterocycles. The van der Waals surface area contributed by atoms with Gasteiger partial charge >= 0.3 is 0 Å². The normalized spacial score (nSPS) is 21.0. The van der Waals surface area contributed by atoms with E-state index in [0.29, 0.717) is 5.56 Å². The Kier molecular flexibility index (Phi) is 3.50. The largest absolute Gasteiger partial charge is 0.295 e. The second-order valence-electron chi connectivity index (χ2n) is 5.99. The SMILES string of the molecule is CC(C)c1ccc(F)c2c1C(=O)N(C1CCC(=O)NC1=O)C2=O. The Hall–Kier alpha value is -2.57. The van der Waals surface area contributed by atoms with Crippen molar-refractivity contribution < 1.29 is 23.6 Å². The predicted octanol–water partition coefficient (Wildman–Crippen LogP) is 1.35. The molecule has 0 aromatic heterocycles. The van der Waals surface area contributed by atoms with Gasteiger partial charge in [-0.15, -0.1) is 0 Å². The van der Waals surface area contributed by atoms with E-state index in [1.54, 1.807) is 0 Å². The number of nitrogens with zero attached hydrogens (tertiary/aromatic N) is 1. The molecule has 0 saturated carbocycles. The van der Waals surface area contributed by atoms with E-state index in [1.165, 1.54) is 6.07 Å². The summed E-state index contributed by atoms with van der Waals surface area (Å²) in [4.78, 5) is 49.2. The monoisotopic (exact) mass is 318 g/mol. The van der Waals surface area contributed by atoms with Crippen molar-refractivity contribution in [3.05, 3.63) is 34.6 Å². The van der Waals surface area contributed by atoms with Gasteiger partial charge in [0.25, 0.3) is 11.8 Å². The first-order valence-electron chi connectivity index (χ1n) is 7.37. The Morgan fingerprint density at radius 1 is 1.13 bits per heavy atom. The molecule has 0 spiro atoms. The quantitative estimate of drug-likeness (QED) is 0.834. The van der Waals surface area contributed by atoms with Gasteiger partial charge in [0.2, 0.25) is 11.8 Å². The number of nitrogens with one attached hydrogen (secondary N) is 1. The van der Waals surface area contributed by atoms with E-state index >= 15 is 0 Å². The molecule has 6 nitrogen and oxygen atoms in total. The van der Waals surface area contributed by atoms with E-state index in [1.807, 2.05) is 13.8 Å². The van der Waals surface area contributed by atoms with Crippen LogP contribution < -0.4 is 5.32 Å². The summed E-state index contributed by atoms with van der Waals surface area (Å²) in [6.07, 6.45) is 0.0814. The van der Waals surface area contributed by atoms with Gasteiger partial charge in [0, 0.05) is 6.42 Å². The van der Waals surface area contributed by atoms with Gasteiger partial charge in [-0.1, -0.05) is 19.9 Å². The van der Waals surface area contributed by atoms with Crippen LogP contribution >= 0.6 is 0 Å². The van der Waals surface area contributed by atoms with Crippen molar-refractivity contribution in [1.82, 2.24) is 10.2 Å². The van der Waals surface area contributed by atoms with Crippen molar-refractivity contribution >= 4 is 23.6 Å². The minimum absolute atomic E-state index is 0.0229. The van der Waals surface area contributed by atoms with Crippen molar-refractivity contribution in [2.45, 2.75) is 38.6 Å². The van der Waals surface area contributed by atoms with Gasteiger partial charge in [-0.25, -0.2) is 4.39 Å². The molecule has 7 heteroatoms. The van der Waals surface area contributed by atoms with Crippen LogP contribution in [0.1, 0.15) is 58.9 Å². The lowest BCUT2D eigenvalue weighted by Gasteiger charge is -2.27. The lowest BCUT2D eigenvalue weighted by molar-refractivity contribution is -0.136. The van der Waals surface area contributed by atoms with Crippen LogP contribution in [0.25, 0.3) is 0 Å². The van der Waals surface area contributed by atoms with E-state index in [4.69, 9.17) is 0 Å². The Morgan fingerprint density at radius 2 is 1.78 bits per heavy atom. The van der Waals surface area contributed by atoms with E-state index in [0.717, 1.165) is 11.0 Å². The van der Waals surface area contributed by atoms with Crippen molar-refractivity contribution in [1.29, 1.82) is 0 Å². The van der Waals surface area contributed by atoms with Gasteiger partial charge in [0.1, 0.15) is 11.9 Å². The van der Waals surface area contributed by atoms with Crippen LogP contribution in [0.2, 0.25) is 0 Å². The third-order valence-electron chi connectivity index (χ3n) is 4.20. The smallest absolute Gasteiger partial charge is 0.265 e. The summed E-state index contributed by atoms with van der Waals surface area (Å²) in [5.74, 6) is -3.51. The molecule has 120 valence electrons. The Bertz CT molecular complexity index is 757. The Balaban J connectivity index is 2.08. The first kappa shape index (κ1) is 15.3. The summed E-state index contributed by atoms with van der Waals surface area (Å²) >= 11 is 0. The molecule has 1 unspecified atom stereocenters. The number of carbonyl (C=O) groups is 4. The number of imide groups is 2. The number of hydrogen-bond donors (Lipinski definition) is 1. The van der Waals surface area contributed by atoms with Crippen LogP contribution in [-0.4, -0.2) is 34.6 Å². The first-order valence-corrected chi connectivity index (χ1v) is 7.37. The Morgan fingerprint density at radius 3 is 2.39 bits per heavy atom. The summed E-state index contributed by atoms with van der Waals surface area (Å²) in [6.45, 7) is 3.67. The van der Waals surface area contributed by atoms with Crippen LogP contribution in [0.15, 0.2) is 12.1 Å². The lowest BCUT2D eigenvalue weighted by Crippen LogP contribution is -2.54. The average molecular weight is 318 g/mol. The van der Waals surface area contributed by atoms with Crippen molar-refractivity contribution in [2.24, 2.45) is 0 Å². The van der Waals surface area contributed by atoms with E-state index in [9.17, 15) is 23.6 Å². The summed E-state index contributed by atoms with van der Waals surface area (Å²) in [5.41, 5.74) is 0.301. The molecule has 1 atom stereocenters. The summed E-state index contributed by atoms with van der Waals surface area (Å²) < 4.78 is 14.1. The minimum atomic E-state index is -1.08. The van der Waals surface area contributed by atoms with Crippen LogP contribution in [0.4, 0.5) is 4.39 Å². The number of hydrogen-bond acceptors (Lipinski definition) is 4. The maximum Gasteiger partial charge on any atom is 0.265 e. The average Bonchev–Trinajstić information content (AvgIpc) is 2.73. The summed E-state index contributed by atoms with van der Waals surface area (Å²) in [5, 5.41) is 2.11. The molecule has 2 aliphatic heterocycles. The van der Waals surface area contributed by atoms with Crippen molar-refractivity contribution in [2.75, 3.05) is 0 Å². The molecular weight excluding hydrogens is 303 g/mol. The van der Waals surface area contributed by atoms with Gasteiger partial charge in [-0.05, 0) is 24.0 Å². The zero-order valence-corrected chi connectivity index (χ0v) is 12.7. The van der Waals surface area contributed by atoms with E-state index in [-0.39, 0.29) is 29.9 Å². The zero-order valence-electron chi connectivity index (χ0n) is 12.7. The number of halogens is 1. The van der Waals surface area contributed by atoms with Crippen LogP contribution in [0.5, 0.6) is 0 Å². The lowest BCUT2D eigenvalue weighted by atomic mass is 9.94. The number of amides is 4. The molecule has 0 bridgehead atoms. The Labute approximate surface area is 131 Å². The number of carbonyl (C=O) groups excluding carboxylic acids is 4. The molecule has 1 N–H and O–H groups in total. The highest BCUT2D eigenvalue weighted by Gasteiger charge is 2.47. The number of benzene rings is 1. The maximum atomic E-state index is 14.1. The van der Waals surface area contributed by atoms with Gasteiger partial charge in [0.15, 0.2) is 0 Å². The molecule has 1 saturated heterocycles. The predicted molar refractivity (Wildman–Crippen MR) is 77.2 cm³/mol.